The first-order valence-corrected chi connectivity index (χ1v) is 12.8. The molecule has 1 amide bonds. The summed E-state index contributed by atoms with van der Waals surface area (Å²) in [5.74, 6) is 2.52. The van der Waals surface area contributed by atoms with Gasteiger partial charge in [-0.2, -0.15) is 11.8 Å². The quantitative estimate of drug-likeness (QED) is 0.400. The number of anilines is 1. The summed E-state index contributed by atoms with van der Waals surface area (Å²) >= 11 is 1.62. The van der Waals surface area contributed by atoms with Crippen LogP contribution in [0.15, 0.2) is 82.3 Å². The molecule has 0 aliphatic heterocycles. The average Bonchev–Trinajstić information content (AvgIpc) is 3.32. The summed E-state index contributed by atoms with van der Waals surface area (Å²) in [4.78, 5) is 12.7. The van der Waals surface area contributed by atoms with Crippen molar-refractivity contribution in [3.63, 3.8) is 0 Å². The van der Waals surface area contributed by atoms with Gasteiger partial charge in [0.15, 0.2) is 0 Å². The van der Waals surface area contributed by atoms with Crippen molar-refractivity contribution in [3.8, 4) is 5.75 Å². The normalized spacial score (nSPS) is 11.2. The minimum atomic E-state index is -3.93. The molecule has 0 aliphatic rings. The van der Waals surface area contributed by atoms with E-state index in [2.05, 4.69) is 5.32 Å². The number of sulfonamides is 1. The lowest BCUT2D eigenvalue weighted by Crippen LogP contribution is -2.41. The van der Waals surface area contributed by atoms with E-state index in [4.69, 9.17) is 9.15 Å². The number of thioether (sulfide) groups is 1. The van der Waals surface area contributed by atoms with E-state index in [9.17, 15) is 13.2 Å². The predicted octanol–water partition coefficient (Wildman–Crippen LogP) is 3.92. The zero-order valence-corrected chi connectivity index (χ0v) is 19.4. The topological polar surface area (TPSA) is 88.8 Å². The van der Waals surface area contributed by atoms with E-state index in [0.717, 1.165) is 10.1 Å². The smallest absolute Gasteiger partial charge is 0.264 e. The molecule has 0 atom stereocenters. The van der Waals surface area contributed by atoms with Gasteiger partial charge in [0.25, 0.3) is 10.0 Å². The van der Waals surface area contributed by atoms with Gasteiger partial charge < -0.3 is 14.5 Å². The van der Waals surface area contributed by atoms with Gasteiger partial charge in [0.05, 0.1) is 29.2 Å². The van der Waals surface area contributed by atoms with Crippen molar-refractivity contribution >= 4 is 33.4 Å². The third kappa shape index (κ3) is 6.54. The van der Waals surface area contributed by atoms with Crippen LogP contribution in [0.1, 0.15) is 12.7 Å². The fraction of sp³-hybridized carbons (Fsp3) is 0.261. The second-order valence-corrected chi connectivity index (χ2v) is 9.70. The Morgan fingerprint density at radius 1 is 1.06 bits per heavy atom. The van der Waals surface area contributed by atoms with Crippen LogP contribution in [0.3, 0.4) is 0 Å². The van der Waals surface area contributed by atoms with E-state index in [0.29, 0.717) is 36.1 Å². The number of amides is 1. The molecule has 7 nitrogen and oxygen atoms in total. The summed E-state index contributed by atoms with van der Waals surface area (Å²) in [7, 11) is -3.93. The number of carbonyl (C=O) groups excluding carboxylic acids is 1. The van der Waals surface area contributed by atoms with Crippen molar-refractivity contribution in [2.24, 2.45) is 0 Å². The van der Waals surface area contributed by atoms with Gasteiger partial charge in [0.1, 0.15) is 18.1 Å². The first-order chi connectivity index (χ1) is 15.5. The standard InChI is InChI=1S/C23H26N2O5S2/c1-2-29-20-12-10-19(11-13-20)25(32(27,28)22-8-4-3-5-9-22)17-23(26)24-14-16-31-18-21-7-6-15-30-21/h3-13,15H,2,14,16-18H2,1H3,(H,24,26). The first kappa shape index (κ1) is 23.7. The second kappa shape index (κ2) is 11.6. The Bertz CT molecular complexity index is 1070. The van der Waals surface area contributed by atoms with Gasteiger partial charge in [-0.25, -0.2) is 8.42 Å². The third-order valence-corrected chi connectivity index (χ3v) is 7.22. The average molecular weight is 475 g/mol. The molecule has 0 bridgehead atoms. The maximum Gasteiger partial charge on any atom is 0.264 e. The molecule has 1 aromatic heterocycles. The van der Waals surface area contributed by atoms with E-state index in [1.54, 1.807) is 60.5 Å². The van der Waals surface area contributed by atoms with E-state index in [-0.39, 0.29) is 17.3 Å². The number of nitrogens with zero attached hydrogens (tertiary/aromatic N) is 1. The molecule has 9 heteroatoms. The number of carbonyl (C=O) groups is 1. The van der Waals surface area contributed by atoms with Gasteiger partial charge in [0.2, 0.25) is 5.91 Å². The van der Waals surface area contributed by atoms with Gasteiger partial charge >= 0.3 is 0 Å². The highest BCUT2D eigenvalue weighted by molar-refractivity contribution is 7.98. The molecule has 3 rings (SSSR count). The zero-order chi connectivity index (χ0) is 22.8. The van der Waals surface area contributed by atoms with Crippen molar-refractivity contribution in [2.75, 3.05) is 29.8 Å². The van der Waals surface area contributed by atoms with Crippen LogP contribution in [-0.4, -0.2) is 39.8 Å². The van der Waals surface area contributed by atoms with Gasteiger partial charge in [-0.1, -0.05) is 18.2 Å². The number of nitrogens with one attached hydrogen (secondary N) is 1. The van der Waals surface area contributed by atoms with Gasteiger partial charge in [-0.3, -0.25) is 9.10 Å². The maximum atomic E-state index is 13.3. The Morgan fingerprint density at radius 2 is 1.81 bits per heavy atom. The number of hydrogen-bond acceptors (Lipinski definition) is 6. The summed E-state index contributed by atoms with van der Waals surface area (Å²) in [6.45, 7) is 2.48. The summed E-state index contributed by atoms with van der Waals surface area (Å²) in [5, 5.41) is 2.80. The molecule has 0 unspecified atom stereocenters. The Labute approximate surface area is 192 Å². The lowest BCUT2D eigenvalue weighted by molar-refractivity contribution is -0.119. The lowest BCUT2D eigenvalue weighted by atomic mass is 10.3. The molecular weight excluding hydrogens is 448 g/mol. The summed E-state index contributed by atoms with van der Waals surface area (Å²) < 4.78 is 38.4. The largest absolute Gasteiger partial charge is 0.494 e. The molecule has 0 saturated carbocycles. The molecule has 0 fully saturated rings. The van der Waals surface area contributed by atoms with Crippen LogP contribution >= 0.6 is 11.8 Å². The van der Waals surface area contributed by atoms with Gasteiger partial charge in [-0.15, -0.1) is 0 Å². The highest BCUT2D eigenvalue weighted by Crippen LogP contribution is 2.25. The van der Waals surface area contributed by atoms with E-state index < -0.39 is 10.0 Å². The Hall–Kier alpha value is -2.91. The highest BCUT2D eigenvalue weighted by atomic mass is 32.2. The molecule has 0 aliphatic carbocycles. The number of furan rings is 1. The fourth-order valence-corrected chi connectivity index (χ4v) is 5.12. The maximum absolute atomic E-state index is 13.3. The molecular formula is C23H26N2O5S2. The van der Waals surface area contributed by atoms with Crippen LogP contribution in [0.5, 0.6) is 5.75 Å². The zero-order valence-electron chi connectivity index (χ0n) is 17.8. The van der Waals surface area contributed by atoms with E-state index in [1.165, 1.54) is 12.1 Å². The van der Waals surface area contributed by atoms with E-state index >= 15 is 0 Å². The summed E-state index contributed by atoms with van der Waals surface area (Å²) in [5.41, 5.74) is 0.389. The summed E-state index contributed by atoms with van der Waals surface area (Å²) in [6, 6.07) is 18.5. The number of hydrogen-bond donors (Lipinski definition) is 1. The van der Waals surface area contributed by atoms with Crippen LogP contribution in [0.4, 0.5) is 5.69 Å². The summed E-state index contributed by atoms with van der Waals surface area (Å²) in [6.07, 6.45) is 1.63. The third-order valence-electron chi connectivity index (χ3n) is 4.45. The molecule has 0 radical (unpaired) electrons. The number of rotatable bonds is 12. The fourth-order valence-electron chi connectivity index (χ4n) is 2.93. The van der Waals surface area contributed by atoms with Crippen LogP contribution in [0.25, 0.3) is 0 Å². The van der Waals surface area contributed by atoms with Crippen molar-refractivity contribution < 1.29 is 22.4 Å². The number of benzene rings is 2. The predicted molar refractivity (Wildman–Crippen MR) is 126 cm³/mol. The Morgan fingerprint density at radius 3 is 2.47 bits per heavy atom. The van der Waals surface area contributed by atoms with E-state index in [1.807, 2.05) is 19.1 Å². The van der Waals surface area contributed by atoms with Crippen LogP contribution in [0, 0.1) is 0 Å². The van der Waals surface area contributed by atoms with Crippen LogP contribution in [-0.2, 0) is 20.6 Å². The van der Waals surface area contributed by atoms with Crippen LogP contribution in [0.2, 0.25) is 0 Å². The van der Waals surface area contributed by atoms with Crippen molar-refractivity contribution in [2.45, 2.75) is 17.6 Å². The molecule has 2 aromatic carbocycles. The minimum absolute atomic E-state index is 0.121. The monoisotopic (exact) mass is 474 g/mol. The first-order valence-electron chi connectivity index (χ1n) is 10.2. The molecule has 32 heavy (non-hydrogen) atoms. The van der Waals surface area contributed by atoms with Gasteiger partial charge in [-0.05, 0) is 55.5 Å². The molecule has 1 N–H and O–H groups in total. The molecule has 170 valence electrons. The van der Waals surface area contributed by atoms with Gasteiger partial charge in [0, 0.05) is 12.3 Å². The Balaban J connectivity index is 1.67. The number of ether oxygens (including phenoxy) is 1. The van der Waals surface area contributed by atoms with Crippen molar-refractivity contribution in [3.05, 3.63) is 78.8 Å². The molecule has 0 spiro atoms. The molecule has 1 heterocycles. The molecule has 0 saturated heterocycles. The van der Waals surface area contributed by atoms with Crippen molar-refractivity contribution in [1.29, 1.82) is 0 Å². The van der Waals surface area contributed by atoms with Crippen LogP contribution < -0.4 is 14.4 Å². The van der Waals surface area contributed by atoms with Crippen molar-refractivity contribution in [1.82, 2.24) is 5.32 Å². The lowest BCUT2D eigenvalue weighted by Gasteiger charge is -2.24. The Kier molecular flexibility index (Phi) is 8.64. The molecule has 3 aromatic rings. The second-order valence-electron chi connectivity index (χ2n) is 6.73. The SMILES string of the molecule is CCOc1ccc(N(CC(=O)NCCSCc2ccco2)S(=O)(=O)c2ccccc2)cc1. The minimum Gasteiger partial charge on any atom is -0.494 e. The highest BCUT2D eigenvalue weighted by Gasteiger charge is 2.27.